The average molecular weight is 150 g/mol. The normalized spacial score (nSPS) is 39.8. The molecule has 1 N–H and O–H groups in total. The van der Waals surface area contributed by atoms with Gasteiger partial charge in [0.2, 0.25) is 0 Å². The summed E-state index contributed by atoms with van der Waals surface area (Å²) in [7, 11) is 0. The molecule has 0 spiro atoms. The molecule has 1 heterocycles. The first-order valence-electron chi connectivity index (χ1n) is 2.70. The molecule has 1 nitrogen and oxygen atoms in total. The summed E-state index contributed by atoms with van der Waals surface area (Å²) < 4.78 is 0. The molecule has 0 bridgehead atoms. The summed E-state index contributed by atoms with van der Waals surface area (Å²) in [4.78, 5) is 0. The van der Waals surface area contributed by atoms with E-state index in [2.05, 4.69) is 6.92 Å². The molecule has 0 aliphatic carbocycles. The molecule has 0 aromatic rings. The average Bonchev–Trinajstić information content (AvgIpc) is 1.77. The standard InChI is InChI=1S/C5H10OS2/c1-4-2-8-5(6)3-7-4/h4-6H,2-3H2,1H3. The zero-order valence-electron chi connectivity index (χ0n) is 4.83. The van der Waals surface area contributed by atoms with Crippen LogP contribution in [-0.4, -0.2) is 27.3 Å². The fourth-order valence-electron chi connectivity index (χ4n) is 0.589. The SMILES string of the molecule is CC1CSC(O)CS1. The second-order valence-electron chi connectivity index (χ2n) is 1.93. The summed E-state index contributed by atoms with van der Waals surface area (Å²) in [5, 5.41) is 9.71. The maximum Gasteiger partial charge on any atom is 0.108 e. The third-order valence-electron chi connectivity index (χ3n) is 1.05. The van der Waals surface area contributed by atoms with Crippen LogP contribution in [0, 0.1) is 0 Å². The maximum absolute atomic E-state index is 8.97. The Balaban J connectivity index is 2.19. The lowest BCUT2D eigenvalue weighted by molar-refractivity contribution is 0.287. The van der Waals surface area contributed by atoms with Crippen molar-refractivity contribution in [1.82, 2.24) is 0 Å². The molecule has 0 amide bonds. The van der Waals surface area contributed by atoms with Gasteiger partial charge in [-0.3, -0.25) is 0 Å². The second-order valence-corrected chi connectivity index (χ2v) is 4.61. The molecule has 2 unspecified atom stereocenters. The van der Waals surface area contributed by atoms with Gasteiger partial charge in [-0.25, -0.2) is 0 Å². The van der Waals surface area contributed by atoms with Crippen molar-refractivity contribution in [3.8, 4) is 0 Å². The molecule has 1 aliphatic heterocycles. The van der Waals surface area contributed by atoms with Gasteiger partial charge in [0, 0.05) is 16.8 Å². The number of hydrogen-bond acceptors (Lipinski definition) is 3. The van der Waals surface area contributed by atoms with Crippen molar-refractivity contribution >= 4 is 23.5 Å². The van der Waals surface area contributed by atoms with Gasteiger partial charge in [0.15, 0.2) is 0 Å². The zero-order chi connectivity index (χ0) is 5.98. The smallest absolute Gasteiger partial charge is 0.108 e. The van der Waals surface area contributed by atoms with E-state index in [1.165, 1.54) is 0 Å². The monoisotopic (exact) mass is 150 g/mol. The van der Waals surface area contributed by atoms with E-state index in [0.29, 0.717) is 0 Å². The third kappa shape index (κ3) is 1.88. The molecule has 2 atom stereocenters. The van der Waals surface area contributed by atoms with Gasteiger partial charge in [0.1, 0.15) is 5.44 Å². The van der Waals surface area contributed by atoms with Gasteiger partial charge in [-0.1, -0.05) is 6.92 Å². The highest BCUT2D eigenvalue weighted by Crippen LogP contribution is 2.27. The van der Waals surface area contributed by atoms with E-state index in [4.69, 9.17) is 5.11 Å². The van der Waals surface area contributed by atoms with Crippen molar-refractivity contribution in [3.05, 3.63) is 0 Å². The van der Waals surface area contributed by atoms with Crippen LogP contribution in [0.3, 0.4) is 0 Å². The van der Waals surface area contributed by atoms with Crippen LogP contribution in [0.1, 0.15) is 6.92 Å². The van der Waals surface area contributed by atoms with Crippen LogP contribution in [0.2, 0.25) is 0 Å². The van der Waals surface area contributed by atoms with Crippen molar-refractivity contribution in [1.29, 1.82) is 0 Å². The van der Waals surface area contributed by atoms with E-state index >= 15 is 0 Å². The molecule has 8 heavy (non-hydrogen) atoms. The van der Waals surface area contributed by atoms with Crippen LogP contribution >= 0.6 is 23.5 Å². The van der Waals surface area contributed by atoms with Gasteiger partial charge in [-0.05, 0) is 0 Å². The Labute approximate surface area is 58.2 Å². The maximum atomic E-state index is 8.97. The number of aliphatic hydroxyl groups excluding tert-OH is 1. The Hall–Kier alpha value is 0.660. The van der Waals surface area contributed by atoms with E-state index in [1.54, 1.807) is 11.8 Å². The molecule has 0 aromatic carbocycles. The molecule has 0 aromatic heterocycles. The summed E-state index contributed by atoms with van der Waals surface area (Å²) in [6, 6.07) is 0. The molecule has 1 fully saturated rings. The van der Waals surface area contributed by atoms with Crippen molar-refractivity contribution in [2.45, 2.75) is 17.6 Å². The molecule has 0 saturated carbocycles. The second kappa shape index (κ2) is 2.99. The predicted octanol–water partition coefficient (Wildman–Crippen LogP) is 1.17. The Kier molecular flexibility index (Phi) is 2.53. The van der Waals surface area contributed by atoms with Gasteiger partial charge in [-0.15, -0.1) is 11.8 Å². The fraction of sp³-hybridized carbons (Fsp3) is 1.00. The van der Waals surface area contributed by atoms with Crippen LogP contribution in [0.25, 0.3) is 0 Å². The first-order chi connectivity index (χ1) is 3.79. The lowest BCUT2D eigenvalue weighted by Crippen LogP contribution is -2.17. The van der Waals surface area contributed by atoms with Gasteiger partial charge >= 0.3 is 0 Å². The molecule has 0 radical (unpaired) electrons. The summed E-state index contributed by atoms with van der Waals surface area (Å²) in [5.74, 6) is 2.01. The molecule has 48 valence electrons. The number of hydrogen-bond donors (Lipinski definition) is 1. The van der Waals surface area contributed by atoms with Crippen molar-refractivity contribution in [2.24, 2.45) is 0 Å². The largest absolute Gasteiger partial charge is 0.382 e. The first-order valence-corrected chi connectivity index (χ1v) is 4.80. The van der Waals surface area contributed by atoms with Gasteiger partial charge < -0.3 is 5.11 Å². The quantitative estimate of drug-likeness (QED) is 0.560. The van der Waals surface area contributed by atoms with Crippen molar-refractivity contribution in [2.75, 3.05) is 11.5 Å². The van der Waals surface area contributed by atoms with Gasteiger partial charge in [0.05, 0.1) is 0 Å². The lowest BCUT2D eigenvalue weighted by atomic mass is 10.6. The minimum atomic E-state index is -0.101. The number of aliphatic hydroxyl groups is 1. The minimum absolute atomic E-state index is 0.101. The molecule has 1 saturated heterocycles. The van der Waals surface area contributed by atoms with E-state index in [-0.39, 0.29) is 5.44 Å². The number of thioether (sulfide) groups is 2. The Morgan fingerprint density at radius 3 is 2.50 bits per heavy atom. The van der Waals surface area contributed by atoms with Gasteiger partial charge in [-0.2, -0.15) is 11.8 Å². The van der Waals surface area contributed by atoms with E-state index in [1.807, 2.05) is 11.8 Å². The van der Waals surface area contributed by atoms with Crippen molar-refractivity contribution in [3.63, 3.8) is 0 Å². The van der Waals surface area contributed by atoms with E-state index in [0.717, 1.165) is 16.8 Å². The van der Waals surface area contributed by atoms with Crippen LogP contribution in [-0.2, 0) is 0 Å². The predicted molar refractivity (Wildman–Crippen MR) is 40.4 cm³/mol. The summed E-state index contributed by atoms with van der Waals surface area (Å²) in [6.07, 6.45) is 0. The van der Waals surface area contributed by atoms with E-state index < -0.39 is 0 Å². The molecule has 1 aliphatic rings. The van der Waals surface area contributed by atoms with Crippen LogP contribution < -0.4 is 0 Å². The van der Waals surface area contributed by atoms with Crippen LogP contribution in [0.4, 0.5) is 0 Å². The Morgan fingerprint density at radius 2 is 2.12 bits per heavy atom. The highest BCUT2D eigenvalue weighted by atomic mass is 32.2. The molecular formula is C5H10OS2. The van der Waals surface area contributed by atoms with Crippen LogP contribution in [0.15, 0.2) is 0 Å². The summed E-state index contributed by atoms with van der Waals surface area (Å²) >= 11 is 3.52. The van der Waals surface area contributed by atoms with Gasteiger partial charge in [0.25, 0.3) is 0 Å². The zero-order valence-corrected chi connectivity index (χ0v) is 6.47. The fourth-order valence-corrected chi connectivity index (χ4v) is 2.82. The molecular weight excluding hydrogens is 140 g/mol. The van der Waals surface area contributed by atoms with Crippen molar-refractivity contribution < 1.29 is 5.11 Å². The summed E-state index contributed by atoms with van der Waals surface area (Å²) in [5.41, 5.74) is -0.101. The lowest BCUT2D eigenvalue weighted by Gasteiger charge is -2.20. The van der Waals surface area contributed by atoms with E-state index in [9.17, 15) is 0 Å². The highest BCUT2D eigenvalue weighted by molar-refractivity contribution is 8.06. The Bertz CT molecular complexity index is 58.8. The third-order valence-corrected chi connectivity index (χ3v) is 3.96. The van der Waals surface area contributed by atoms with Crippen LogP contribution in [0.5, 0.6) is 0 Å². The molecule has 1 rings (SSSR count). The summed E-state index contributed by atoms with van der Waals surface area (Å²) in [6.45, 7) is 2.20. The Morgan fingerprint density at radius 1 is 1.38 bits per heavy atom. The first kappa shape index (κ1) is 6.78. The number of rotatable bonds is 0. The molecule has 3 heteroatoms. The minimum Gasteiger partial charge on any atom is -0.382 e. The highest BCUT2D eigenvalue weighted by Gasteiger charge is 2.15. The topological polar surface area (TPSA) is 20.2 Å².